The Balaban J connectivity index is 1.55. The molecule has 0 aliphatic carbocycles. The van der Waals surface area contributed by atoms with E-state index in [0.717, 1.165) is 20.9 Å². The number of benzene rings is 4. The van der Waals surface area contributed by atoms with Crippen LogP contribution in [0.4, 0.5) is 9.59 Å². The van der Waals surface area contributed by atoms with Crippen molar-refractivity contribution in [2.24, 2.45) is 0 Å². The van der Waals surface area contributed by atoms with Gasteiger partial charge in [-0.3, -0.25) is 9.80 Å². The van der Waals surface area contributed by atoms with Gasteiger partial charge in [-0.1, -0.05) is 121 Å². The maximum absolute atomic E-state index is 13.6. The highest BCUT2D eigenvalue weighted by atomic mass is 32.2. The van der Waals surface area contributed by atoms with Crippen LogP contribution < -0.4 is 0 Å². The van der Waals surface area contributed by atoms with E-state index in [-0.39, 0.29) is 37.8 Å². The number of carbonyl (C=O) groups is 4. The van der Waals surface area contributed by atoms with Gasteiger partial charge in [0.05, 0.1) is 0 Å². The molecule has 262 valence electrons. The lowest BCUT2D eigenvalue weighted by Gasteiger charge is -2.33. The third kappa shape index (κ3) is 12.5. The molecule has 0 saturated heterocycles. The van der Waals surface area contributed by atoms with Gasteiger partial charge in [-0.2, -0.15) is 23.5 Å². The van der Waals surface area contributed by atoms with Crippen LogP contribution in [0.1, 0.15) is 22.3 Å². The number of carbonyl (C=O) groups excluding carboxylic acids is 2. The lowest BCUT2D eigenvalue weighted by Crippen LogP contribution is -2.53. The molecule has 0 bridgehead atoms. The third-order valence-corrected chi connectivity index (χ3v) is 9.74. The minimum Gasteiger partial charge on any atom is -0.480 e. The SMILES string of the molecule is O=C(O)[C@@H](CSCc1ccccc1)N(CCN(C(=O)OCc1ccccc1)[C@H](CSCc1ccccc1)C(=O)O)C(=O)OCc1ccccc1. The fourth-order valence-corrected chi connectivity index (χ4v) is 7.07. The Labute approximate surface area is 300 Å². The number of aliphatic carboxylic acids is 2. The Hall–Kier alpha value is -4.94. The first-order valence-electron chi connectivity index (χ1n) is 16.0. The van der Waals surface area contributed by atoms with E-state index in [1.807, 2.05) is 72.8 Å². The number of hydrogen-bond acceptors (Lipinski definition) is 8. The summed E-state index contributed by atoms with van der Waals surface area (Å²) in [4.78, 5) is 54.6. The summed E-state index contributed by atoms with van der Waals surface area (Å²) < 4.78 is 11.1. The van der Waals surface area contributed by atoms with Gasteiger partial charge in [-0.15, -0.1) is 0 Å². The summed E-state index contributed by atoms with van der Waals surface area (Å²) >= 11 is 2.67. The quantitative estimate of drug-likeness (QED) is 0.104. The first kappa shape index (κ1) is 37.9. The van der Waals surface area contributed by atoms with E-state index in [9.17, 15) is 29.4 Å². The Morgan fingerprint density at radius 2 is 0.800 bits per heavy atom. The summed E-state index contributed by atoms with van der Waals surface area (Å²) in [6, 6.07) is 34.3. The zero-order valence-corrected chi connectivity index (χ0v) is 29.0. The molecule has 10 nitrogen and oxygen atoms in total. The predicted octanol–water partition coefficient (Wildman–Crippen LogP) is 7.04. The number of nitrogens with zero attached hydrogens (tertiary/aromatic N) is 2. The van der Waals surface area contributed by atoms with Crippen molar-refractivity contribution < 1.29 is 38.9 Å². The molecular weight excluding hydrogens is 677 g/mol. The maximum atomic E-state index is 13.6. The van der Waals surface area contributed by atoms with Crippen LogP contribution in [0.3, 0.4) is 0 Å². The van der Waals surface area contributed by atoms with E-state index in [1.54, 1.807) is 48.5 Å². The van der Waals surface area contributed by atoms with Crippen molar-refractivity contribution in [2.45, 2.75) is 36.8 Å². The summed E-state index contributed by atoms with van der Waals surface area (Å²) in [6.45, 7) is -0.832. The van der Waals surface area contributed by atoms with Crippen LogP contribution in [0.5, 0.6) is 0 Å². The molecule has 0 aliphatic heterocycles. The molecule has 0 unspecified atom stereocenters. The summed E-state index contributed by atoms with van der Waals surface area (Å²) in [7, 11) is 0. The van der Waals surface area contributed by atoms with Crippen LogP contribution in [0.25, 0.3) is 0 Å². The topological polar surface area (TPSA) is 134 Å². The Bertz CT molecular complexity index is 1510. The van der Waals surface area contributed by atoms with Crippen LogP contribution in [0.15, 0.2) is 121 Å². The lowest BCUT2D eigenvalue weighted by molar-refractivity contribution is -0.143. The molecule has 4 rings (SSSR count). The molecule has 0 aromatic heterocycles. The van der Waals surface area contributed by atoms with Gasteiger partial charge in [0.1, 0.15) is 25.3 Å². The Morgan fingerprint density at radius 1 is 0.500 bits per heavy atom. The zero-order valence-electron chi connectivity index (χ0n) is 27.4. The minimum atomic E-state index is -1.33. The van der Waals surface area contributed by atoms with Crippen LogP contribution in [0, 0.1) is 0 Å². The fraction of sp³-hybridized carbons (Fsp3) is 0.263. The van der Waals surface area contributed by atoms with Crippen molar-refractivity contribution >= 4 is 47.6 Å². The highest BCUT2D eigenvalue weighted by Gasteiger charge is 2.35. The third-order valence-electron chi connectivity index (χ3n) is 7.56. The molecule has 2 atom stereocenters. The second-order valence-electron chi connectivity index (χ2n) is 11.2. The van der Waals surface area contributed by atoms with Gasteiger partial charge in [-0.05, 0) is 22.3 Å². The smallest absolute Gasteiger partial charge is 0.410 e. The average molecular weight is 717 g/mol. The van der Waals surface area contributed by atoms with Crippen LogP contribution >= 0.6 is 23.5 Å². The molecule has 2 N–H and O–H groups in total. The summed E-state index contributed by atoms with van der Waals surface area (Å²) in [5.41, 5.74) is 3.39. The summed E-state index contributed by atoms with van der Waals surface area (Å²) in [6.07, 6.45) is -1.80. The van der Waals surface area contributed by atoms with Crippen molar-refractivity contribution in [3.05, 3.63) is 144 Å². The molecular formula is C38H40N2O8S2. The molecule has 2 amide bonds. The summed E-state index contributed by atoms with van der Waals surface area (Å²) in [5, 5.41) is 20.6. The van der Waals surface area contributed by atoms with Crippen LogP contribution in [0.2, 0.25) is 0 Å². The molecule has 0 saturated carbocycles. The van der Waals surface area contributed by atoms with E-state index in [4.69, 9.17) is 9.47 Å². The maximum Gasteiger partial charge on any atom is 0.410 e. The Kier molecular flexibility index (Phi) is 15.6. The van der Waals surface area contributed by atoms with Crippen LogP contribution in [-0.2, 0) is 43.8 Å². The van der Waals surface area contributed by atoms with Crippen molar-refractivity contribution in [2.75, 3.05) is 24.6 Å². The van der Waals surface area contributed by atoms with Crippen molar-refractivity contribution in [1.29, 1.82) is 0 Å². The number of thioether (sulfide) groups is 2. The van der Waals surface area contributed by atoms with E-state index in [1.165, 1.54) is 23.5 Å². The predicted molar refractivity (Wildman–Crippen MR) is 195 cm³/mol. The second-order valence-corrected chi connectivity index (χ2v) is 13.2. The van der Waals surface area contributed by atoms with E-state index in [2.05, 4.69) is 0 Å². The monoisotopic (exact) mass is 716 g/mol. The molecule has 4 aromatic carbocycles. The Morgan fingerprint density at radius 3 is 1.10 bits per heavy atom. The molecule has 0 spiro atoms. The van der Waals surface area contributed by atoms with E-state index in [0.29, 0.717) is 22.6 Å². The fourth-order valence-electron chi connectivity index (χ4n) is 4.88. The highest BCUT2D eigenvalue weighted by Crippen LogP contribution is 2.20. The summed E-state index contributed by atoms with van der Waals surface area (Å²) in [5.74, 6) is -1.44. The van der Waals surface area contributed by atoms with Gasteiger partial charge < -0.3 is 19.7 Å². The molecule has 12 heteroatoms. The highest BCUT2D eigenvalue weighted by molar-refractivity contribution is 7.98. The van der Waals surface area contributed by atoms with Gasteiger partial charge in [-0.25, -0.2) is 19.2 Å². The zero-order chi connectivity index (χ0) is 35.6. The molecule has 0 aliphatic rings. The molecule has 50 heavy (non-hydrogen) atoms. The average Bonchev–Trinajstić information content (AvgIpc) is 3.14. The lowest BCUT2D eigenvalue weighted by atomic mass is 10.2. The molecule has 0 fully saturated rings. The van der Waals surface area contributed by atoms with Crippen molar-refractivity contribution in [1.82, 2.24) is 9.80 Å². The van der Waals surface area contributed by atoms with Gasteiger partial charge in [0.15, 0.2) is 0 Å². The number of carboxylic acid groups (broad SMARTS) is 2. The molecule has 4 aromatic rings. The van der Waals surface area contributed by atoms with Gasteiger partial charge in [0.25, 0.3) is 0 Å². The van der Waals surface area contributed by atoms with Gasteiger partial charge >= 0.3 is 24.1 Å². The second kappa shape index (κ2) is 20.5. The largest absolute Gasteiger partial charge is 0.480 e. The first-order chi connectivity index (χ1) is 24.3. The standard InChI is InChI=1S/C38H40N2O8S2/c41-35(42)33(27-49-25-31-17-9-3-10-18-31)39(37(45)47-23-29-13-5-1-6-14-29)21-22-40(38(46)48-24-30-15-7-2-8-16-30)34(36(43)44)28-50-26-32-19-11-4-12-20-32/h1-20,33-34H,21-28H2,(H,41,42)(H,43,44)/t33-,34-/m1/s1. The molecule has 0 radical (unpaired) electrons. The first-order valence-corrected chi connectivity index (χ1v) is 18.3. The van der Waals surface area contributed by atoms with E-state index >= 15 is 0 Å². The number of ether oxygens (including phenoxy) is 2. The van der Waals surface area contributed by atoms with Gasteiger partial charge in [0, 0.05) is 36.1 Å². The van der Waals surface area contributed by atoms with E-state index < -0.39 is 36.2 Å². The minimum absolute atomic E-state index is 0.0262. The van der Waals surface area contributed by atoms with Crippen molar-refractivity contribution in [3.63, 3.8) is 0 Å². The van der Waals surface area contributed by atoms with Gasteiger partial charge in [0.2, 0.25) is 0 Å². The molecule has 0 heterocycles. The number of carboxylic acids is 2. The van der Waals surface area contributed by atoms with Crippen molar-refractivity contribution in [3.8, 4) is 0 Å². The normalized spacial score (nSPS) is 11.9. The number of hydrogen-bond donors (Lipinski definition) is 2. The van der Waals surface area contributed by atoms with Crippen LogP contribution in [-0.4, -0.2) is 80.8 Å². The number of amides is 2. The number of rotatable bonds is 19.